The van der Waals surface area contributed by atoms with E-state index in [9.17, 15) is 0 Å². The highest BCUT2D eigenvalue weighted by Crippen LogP contribution is 2.47. The number of benzene rings is 6. The molecule has 5 heteroatoms. The van der Waals surface area contributed by atoms with Crippen molar-refractivity contribution in [3.05, 3.63) is 205 Å². The Morgan fingerprint density at radius 3 is 0.927 bits per heavy atom. The van der Waals surface area contributed by atoms with Crippen LogP contribution in [0.5, 0.6) is 0 Å². The lowest BCUT2D eigenvalue weighted by atomic mass is 10.1. The first-order valence-corrected chi connectivity index (χ1v) is 20.9. The zero-order chi connectivity index (χ0) is 37.1. The van der Waals surface area contributed by atoms with Gasteiger partial charge in [0.05, 0.1) is 0 Å². The predicted molar refractivity (Wildman–Crippen MR) is 241 cm³/mol. The van der Waals surface area contributed by atoms with Gasteiger partial charge in [-0.25, -0.2) is 0 Å². The van der Waals surface area contributed by atoms with Crippen molar-refractivity contribution in [2.24, 2.45) is 0 Å². The maximum absolute atomic E-state index is 2.37. The molecule has 0 atom stereocenters. The molecule has 0 radical (unpaired) electrons. The molecule has 0 saturated carbocycles. The molecule has 2 nitrogen and oxygen atoms in total. The number of anilines is 6. The lowest BCUT2D eigenvalue weighted by Gasteiger charge is -2.24. The van der Waals surface area contributed by atoms with Gasteiger partial charge in [-0.2, -0.15) is 0 Å². The smallest absolute Gasteiger partial charge is 0.101 e. The van der Waals surface area contributed by atoms with Crippen LogP contribution < -0.4 is 9.80 Å². The van der Waals surface area contributed by atoms with Gasteiger partial charge in [0.1, 0.15) is 10.0 Å². The summed E-state index contributed by atoms with van der Waals surface area (Å²) in [6.07, 6.45) is 0. The van der Waals surface area contributed by atoms with E-state index < -0.39 is 0 Å². The first kappa shape index (κ1) is 34.8. The van der Waals surface area contributed by atoms with Crippen molar-refractivity contribution >= 4 is 66.8 Å². The molecule has 0 amide bonds. The summed E-state index contributed by atoms with van der Waals surface area (Å²) in [6.45, 7) is 4.28. The number of nitrogens with zero attached hydrogens (tertiary/aromatic N) is 2. The van der Waals surface area contributed by atoms with Crippen LogP contribution in [-0.4, -0.2) is 0 Å². The summed E-state index contributed by atoms with van der Waals surface area (Å²) >= 11 is 5.53. The summed E-state index contributed by atoms with van der Waals surface area (Å²) < 4.78 is 0. The molecule has 0 bridgehead atoms. The Hall–Kier alpha value is -5.98. The molecule has 0 spiro atoms. The second-order valence-corrected chi connectivity index (χ2v) is 16.8. The van der Waals surface area contributed by atoms with Crippen LogP contribution in [-0.2, 0) is 0 Å². The maximum atomic E-state index is 2.37. The number of rotatable bonds is 10. The average molecular weight is 763 g/mol. The van der Waals surface area contributed by atoms with Crippen LogP contribution in [0.25, 0.3) is 41.8 Å². The lowest BCUT2D eigenvalue weighted by Crippen LogP contribution is -2.08. The van der Waals surface area contributed by atoms with Gasteiger partial charge in [-0.3, -0.25) is 0 Å². The van der Waals surface area contributed by atoms with Crippen LogP contribution in [0.2, 0.25) is 0 Å². The van der Waals surface area contributed by atoms with Crippen LogP contribution in [0.4, 0.5) is 32.8 Å². The molecule has 3 aromatic heterocycles. The summed E-state index contributed by atoms with van der Waals surface area (Å²) in [5.74, 6) is 0. The molecule has 0 unspecified atom stereocenters. The fourth-order valence-electron chi connectivity index (χ4n) is 6.83. The van der Waals surface area contributed by atoms with E-state index in [0.29, 0.717) is 0 Å². The van der Waals surface area contributed by atoms with E-state index in [1.807, 2.05) is 34.0 Å². The van der Waals surface area contributed by atoms with E-state index in [1.165, 1.54) is 62.9 Å². The normalized spacial score (nSPS) is 11.1. The van der Waals surface area contributed by atoms with E-state index in [0.717, 1.165) is 22.7 Å². The van der Waals surface area contributed by atoms with Crippen molar-refractivity contribution < 1.29 is 0 Å². The minimum Gasteiger partial charge on any atom is -0.302 e. The molecule has 0 N–H and O–H groups in total. The molecular formula is C50H38N2S3. The summed E-state index contributed by atoms with van der Waals surface area (Å²) in [7, 11) is 0. The third-order valence-electron chi connectivity index (χ3n) is 9.77. The molecule has 6 aromatic carbocycles. The van der Waals surface area contributed by atoms with E-state index in [4.69, 9.17) is 0 Å². The fraction of sp³-hybridized carbons (Fsp3) is 0.0400. The van der Waals surface area contributed by atoms with Gasteiger partial charge in [-0.05, 0) is 121 Å². The summed E-state index contributed by atoms with van der Waals surface area (Å²) in [4.78, 5) is 9.82. The molecule has 0 aliphatic rings. The van der Waals surface area contributed by atoms with Crippen molar-refractivity contribution in [2.75, 3.05) is 9.80 Å². The molecule has 9 aromatic rings. The molecule has 55 heavy (non-hydrogen) atoms. The fourth-order valence-corrected chi connectivity index (χ4v) is 10.1. The SMILES string of the molecule is Cc1ccc(N(c2ccc(-c3ccccc3)cc2)c2ccc(-c3ccc(-c4ccc(N(c5ccc(C)cc5)c5ccc(-c6ccccc6)cc5)s4)s3)s2)cc1. The van der Waals surface area contributed by atoms with Gasteiger partial charge < -0.3 is 9.80 Å². The van der Waals surface area contributed by atoms with Gasteiger partial charge in [-0.1, -0.05) is 120 Å². The van der Waals surface area contributed by atoms with Crippen molar-refractivity contribution in [3.63, 3.8) is 0 Å². The van der Waals surface area contributed by atoms with Gasteiger partial charge >= 0.3 is 0 Å². The van der Waals surface area contributed by atoms with Gasteiger partial charge in [-0.15, -0.1) is 34.0 Å². The van der Waals surface area contributed by atoms with E-state index >= 15 is 0 Å². The minimum absolute atomic E-state index is 1.14. The molecule has 0 aliphatic carbocycles. The summed E-state index contributed by atoms with van der Waals surface area (Å²) in [6, 6.07) is 70.2. The number of thiophene rings is 3. The maximum Gasteiger partial charge on any atom is 0.101 e. The minimum atomic E-state index is 1.14. The molecular weight excluding hydrogens is 725 g/mol. The summed E-state index contributed by atoms with van der Waals surface area (Å²) in [5, 5.41) is 2.37. The topological polar surface area (TPSA) is 6.48 Å². The zero-order valence-corrected chi connectivity index (χ0v) is 33.0. The Balaban J connectivity index is 1.01. The van der Waals surface area contributed by atoms with Crippen LogP contribution in [0, 0.1) is 13.8 Å². The van der Waals surface area contributed by atoms with Crippen molar-refractivity contribution in [3.8, 4) is 41.8 Å². The summed E-state index contributed by atoms with van der Waals surface area (Å²) in [5.41, 5.74) is 12.0. The Labute approximate surface area is 335 Å². The van der Waals surface area contributed by atoms with Crippen LogP contribution in [0.1, 0.15) is 11.1 Å². The first-order valence-electron chi connectivity index (χ1n) is 18.4. The third kappa shape index (κ3) is 7.43. The van der Waals surface area contributed by atoms with E-state index in [1.54, 1.807) is 0 Å². The molecule has 3 heterocycles. The van der Waals surface area contributed by atoms with E-state index in [-0.39, 0.29) is 0 Å². The standard InChI is InChI=1S/C50H38N2S3/c1-35-13-21-41(22-14-35)51(43-25-17-39(18-26-43)37-9-5-3-6-10-37)49-33-31-47(54-49)45-29-30-46(53-45)48-32-34-50(55-48)52(42-23-15-36(2)16-24-42)44-27-19-40(20-28-44)38-11-7-4-8-12-38/h3-34H,1-2H3. The highest BCUT2D eigenvalue weighted by atomic mass is 32.1. The molecule has 0 saturated heterocycles. The Kier molecular flexibility index (Phi) is 9.74. The highest BCUT2D eigenvalue weighted by molar-refractivity contribution is 7.28. The number of hydrogen-bond acceptors (Lipinski definition) is 5. The monoisotopic (exact) mass is 762 g/mol. The third-order valence-corrected chi connectivity index (χ3v) is 13.4. The van der Waals surface area contributed by atoms with Crippen LogP contribution >= 0.6 is 34.0 Å². The van der Waals surface area contributed by atoms with Gasteiger partial charge in [0.15, 0.2) is 0 Å². The first-order chi connectivity index (χ1) is 27.1. The van der Waals surface area contributed by atoms with Gasteiger partial charge in [0, 0.05) is 42.3 Å². The molecule has 266 valence electrons. The van der Waals surface area contributed by atoms with Crippen LogP contribution in [0.3, 0.4) is 0 Å². The Morgan fingerprint density at radius 2 is 0.564 bits per heavy atom. The van der Waals surface area contributed by atoms with Crippen LogP contribution in [0.15, 0.2) is 194 Å². The zero-order valence-electron chi connectivity index (χ0n) is 30.6. The van der Waals surface area contributed by atoms with Crippen molar-refractivity contribution in [1.29, 1.82) is 0 Å². The Bertz CT molecular complexity index is 2450. The lowest BCUT2D eigenvalue weighted by molar-refractivity contribution is 1.30. The Morgan fingerprint density at radius 1 is 0.273 bits per heavy atom. The quantitative estimate of drug-likeness (QED) is 0.137. The predicted octanol–water partition coefficient (Wildman–Crippen LogP) is 16.1. The van der Waals surface area contributed by atoms with Gasteiger partial charge in [0.25, 0.3) is 0 Å². The van der Waals surface area contributed by atoms with Gasteiger partial charge in [0.2, 0.25) is 0 Å². The largest absolute Gasteiger partial charge is 0.302 e. The second kappa shape index (κ2) is 15.4. The molecule has 0 aliphatic heterocycles. The highest BCUT2D eigenvalue weighted by Gasteiger charge is 2.19. The van der Waals surface area contributed by atoms with Crippen molar-refractivity contribution in [2.45, 2.75) is 13.8 Å². The molecule has 0 fully saturated rings. The number of hydrogen-bond donors (Lipinski definition) is 0. The molecule has 9 rings (SSSR count). The van der Waals surface area contributed by atoms with Crippen molar-refractivity contribution in [1.82, 2.24) is 0 Å². The average Bonchev–Trinajstić information content (AvgIpc) is 4.03. The van der Waals surface area contributed by atoms with E-state index in [2.05, 4.69) is 218 Å². The second-order valence-electron chi connectivity index (χ2n) is 13.6. The number of aryl methyl sites for hydroxylation is 2.